The van der Waals surface area contributed by atoms with E-state index in [1.165, 1.54) is 4.68 Å². The van der Waals surface area contributed by atoms with Gasteiger partial charge in [-0.05, 0) is 19.1 Å². The number of benzene rings is 2. The summed E-state index contributed by atoms with van der Waals surface area (Å²) in [6, 6.07) is 15.9. The molecule has 0 fully saturated rings. The lowest BCUT2D eigenvalue weighted by Crippen LogP contribution is -2.24. The average Bonchev–Trinajstić information content (AvgIpc) is 3.23. The molecule has 2 N–H and O–H groups in total. The maximum absolute atomic E-state index is 12.5. The van der Waals surface area contributed by atoms with Crippen LogP contribution >= 0.6 is 0 Å². The Morgan fingerprint density at radius 2 is 1.93 bits per heavy atom. The molecule has 8 nitrogen and oxygen atoms in total. The molecule has 8 heteroatoms. The first-order valence-corrected chi connectivity index (χ1v) is 9.00. The average molecular weight is 377 g/mol. The van der Waals surface area contributed by atoms with E-state index in [4.69, 9.17) is 4.74 Å². The zero-order valence-corrected chi connectivity index (χ0v) is 15.3. The van der Waals surface area contributed by atoms with Crippen molar-refractivity contribution in [3.05, 3.63) is 54.6 Å². The van der Waals surface area contributed by atoms with E-state index in [1.807, 2.05) is 49.4 Å². The minimum Gasteiger partial charge on any atom is -0.492 e. The Hall–Kier alpha value is -3.68. The molecule has 0 unspecified atom stereocenters. The molecule has 1 aliphatic heterocycles. The number of amides is 2. The van der Waals surface area contributed by atoms with Gasteiger partial charge in [-0.25, -0.2) is 4.68 Å². The Bertz CT molecular complexity index is 1020. The molecule has 28 heavy (non-hydrogen) atoms. The molecule has 3 aromatic rings. The second-order valence-electron chi connectivity index (χ2n) is 6.26. The van der Waals surface area contributed by atoms with Crippen molar-refractivity contribution in [2.24, 2.45) is 0 Å². The van der Waals surface area contributed by atoms with Crippen molar-refractivity contribution in [1.82, 2.24) is 14.8 Å². The summed E-state index contributed by atoms with van der Waals surface area (Å²) in [5.41, 5.74) is 1.41. The number of ether oxygens (including phenoxy) is 1. The highest BCUT2D eigenvalue weighted by Crippen LogP contribution is 2.29. The molecule has 0 spiro atoms. The van der Waals surface area contributed by atoms with E-state index in [0.29, 0.717) is 29.8 Å². The van der Waals surface area contributed by atoms with Crippen LogP contribution in [0.3, 0.4) is 0 Å². The highest BCUT2D eigenvalue weighted by Gasteiger charge is 2.35. The molecule has 0 bridgehead atoms. The fourth-order valence-corrected chi connectivity index (χ4v) is 3.05. The molecule has 2 amide bonds. The van der Waals surface area contributed by atoms with Crippen LogP contribution in [0.5, 0.6) is 5.75 Å². The standard InChI is InChI=1S/C20H19N5O3/c1-2-28-16-11-7-6-10-14(16)21-17(26)12-15-19(27)23-20-22-18(24-25(15)20)13-8-4-3-5-9-13/h3-11,15H,2,12H2,1H3,(H,21,26)(H,22,23,24,27)/t15-/m0/s1. The molecule has 0 aliphatic carbocycles. The molecule has 1 aliphatic rings. The Balaban J connectivity index is 1.51. The van der Waals surface area contributed by atoms with Gasteiger partial charge in [0.25, 0.3) is 5.91 Å². The maximum atomic E-state index is 12.5. The molecule has 142 valence electrons. The van der Waals surface area contributed by atoms with Gasteiger partial charge >= 0.3 is 0 Å². The topological polar surface area (TPSA) is 98.1 Å². The summed E-state index contributed by atoms with van der Waals surface area (Å²) in [6.45, 7) is 2.36. The highest BCUT2D eigenvalue weighted by molar-refractivity contribution is 6.01. The van der Waals surface area contributed by atoms with Gasteiger partial charge in [0.2, 0.25) is 11.9 Å². The monoisotopic (exact) mass is 377 g/mol. The summed E-state index contributed by atoms with van der Waals surface area (Å²) >= 11 is 0. The summed E-state index contributed by atoms with van der Waals surface area (Å²) in [5, 5.41) is 9.91. The number of aromatic nitrogens is 3. The van der Waals surface area contributed by atoms with Crippen LogP contribution in [0.15, 0.2) is 54.6 Å². The number of hydrogen-bond donors (Lipinski definition) is 2. The molecule has 1 atom stereocenters. The van der Waals surface area contributed by atoms with Crippen LogP contribution in [0.4, 0.5) is 11.6 Å². The van der Waals surface area contributed by atoms with Gasteiger partial charge in [0, 0.05) is 5.56 Å². The van der Waals surface area contributed by atoms with Crippen LogP contribution < -0.4 is 15.4 Å². The van der Waals surface area contributed by atoms with Gasteiger partial charge < -0.3 is 10.1 Å². The quantitative estimate of drug-likeness (QED) is 0.688. The molecule has 2 heterocycles. The first kappa shape index (κ1) is 17.7. The third-order valence-corrected chi connectivity index (χ3v) is 4.34. The van der Waals surface area contributed by atoms with Crippen molar-refractivity contribution in [1.29, 1.82) is 0 Å². The predicted octanol–water partition coefficient (Wildman–Crippen LogP) is 2.87. The van der Waals surface area contributed by atoms with E-state index in [0.717, 1.165) is 5.56 Å². The van der Waals surface area contributed by atoms with Gasteiger partial charge in [-0.1, -0.05) is 42.5 Å². The molecular formula is C20H19N5O3. The summed E-state index contributed by atoms with van der Waals surface area (Å²) in [6.07, 6.45) is -0.0586. The van der Waals surface area contributed by atoms with Gasteiger partial charge in [0.05, 0.1) is 18.7 Å². The van der Waals surface area contributed by atoms with E-state index in [2.05, 4.69) is 20.7 Å². The van der Waals surface area contributed by atoms with Gasteiger partial charge in [-0.15, -0.1) is 5.10 Å². The first-order valence-electron chi connectivity index (χ1n) is 9.00. The van der Waals surface area contributed by atoms with Crippen molar-refractivity contribution in [3.63, 3.8) is 0 Å². The van der Waals surface area contributed by atoms with E-state index in [1.54, 1.807) is 12.1 Å². The third kappa shape index (κ3) is 3.44. The second kappa shape index (κ2) is 7.51. The number of para-hydroxylation sites is 2. The van der Waals surface area contributed by atoms with E-state index in [9.17, 15) is 9.59 Å². The normalized spacial score (nSPS) is 15.0. The van der Waals surface area contributed by atoms with Crippen molar-refractivity contribution in [3.8, 4) is 17.1 Å². The zero-order valence-electron chi connectivity index (χ0n) is 15.3. The zero-order chi connectivity index (χ0) is 19.5. The fourth-order valence-electron chi connectivity index (χ4n) is 3.05. The van der Waals surface area contributed by atoms with Crippen molar-refractivity contribution in [2.75, 3.05) is 17.2 Å². The Labute approximate surface area is 161 Å². The van der Waals surface area contributed by atoms with E-state index < -0.39 is 6.04 Å². The van der Waals surface area contributed by atoms with Crippen LogP contribution in [-0.4, -0.2) is 33.2 Å². The van der Waals surface area contributed by atoms with Gasteiger partial charge in [0.15, 0.2) is 5.82 Å². The third-order valence-electron chi connectivity index (χ3n) is 4.34. The van der Waals surface area contributed by atoms with Crippen molar-refractivity contribution >= 4 is 23.5 Å². The van der Waals surface area contributed by atoms with Crippen LogP contribution in [0.1, 0.15) is 19.4 Å². The molecule has 2 aromatic carbocycles. The number of carbonyl (C=O) groups is 2. The number of nitrogens with one attached hydrogen (secondary N) is 2. The predicted molar refractivity (Wildman–Crippen MR) is 104 cm³/mol. The first-order chi connectivity index (χ1) is 13.7. The lowest BCUT2D eigenvalue weighted by Gasteiger charge is -2.13. The number of anilines is 2. The Kier molecular flexibility index (Phi) is 4.76. The Morgan fingerprint density at radius 3 is 2.71 bits per heavy atom. The largest absolute Gasteiger partial charge is 0.492 e. The van der Waals surface area contributed by atoms with Crippen LogP contribution in [0.25, 0.3) is 11.4 Å². The van der Waals surface area contributed by atoms with Crippen LogP contribution in [0, 0.1) is 0 Å². The number of nitrogens with zero attached hydrogens (tertiary/aromatic N) is 3. The highest BCUT2D eigenvalue weighted by atomic mass is 16.5. The Morgan fingerprint density at radius 1 is 1.18 bits per heavy atom. The summed E-state index contributed by atoms with van der Waals surface area (Å²) in [7, 11) is 0. The second-order valence-corrected chi connectivity index (χ2v) is 6.26. The van der Waals surface area contributed by atoms with Crippen LogP contribution in [-0.2, 0) is 9.59 Å². The molecule has 0 radical (unpaired) electrons. The summed E-state index contributed by atoms with van der Waals surface area (Å²) in [4.78, 5) is 29.2. The number of rotatable bonds is 6. The van der Waals surface area contributed by atoms with Crippen molar-refractivity contribution in [2.45, 2.75) is 19.4 Å². The molecule has 1 aromatic heterocycles. The van der Waals surface area contributed by atoms with Gasteiger partial charge in [0.1, 0.15) is 11.8 Å². The lowest BCUT2D eigenvalue weighted by atomic mass is 10.2. The molecule has 0 saturated heterocycles. The minimum absolute atomic E-state index is 0.0586. The summed E-state index contributed by atoms with van der Waals surface area (Å²) < 4.78 is 6.99. The lowest BCUT2D eigenvalue weighted by molar-refractivity contribution is -0.123. The van der Waals surface area contributed by atoms with E-state index in [-0.39, 0.29) is 18.2 Å². The molecular weight excluding hydrogens is 358 g/mol. The van der Waals surface area contributed by atoms with E-state index >= 15 is 0 Å². The fraction of sp³-hybridized carbons (Fsp3) is 0.200. The summed E-state index contributed by atoms with van der Waals surface area (Å²) in [5.74, 6) is 0.820. The molecule has 0 saturated carbocycles. The number of fused-ring (bicyclic) bond motifs is 1. The smallest absolute Gasteiger partial charge is 0.252 e. The SMILES string of the molecule is CCOc1ccccc1NC(=O)C[C@H]1C(=O)Nc2nc(-c3ccccc3)nn21. The van der Waals surface area contributed by atoms with Crippen molar-refractivity contribution < 1.29 is 14.3 Å². The number of carbonyl (C=O) groups excluding carboxylic acids is 2. The number of hydrogen-bond acceptors (Lipinski definition) is 5. The molecule has 4 rings (SSSR count). The van der Waals surface area contributed by atoms with Crippen LogP contribution in [0.2, 0.25) is 0 Å². The maximum Gasteiger partial charge on any atom is 0.252 e. The van der Waals surface area contributed by atoms with Gasteiger partial charge in [-0.3, -0.25) is 14.9 Å². The van der Waals surface area contributed by atoms with Gasteiger partial charge in [-0.2, -0.15) is 4.98 Å². The minimum atomic E-state index is -0.751.